The molecule has 0 N–H and O–H groups in total. The highest BCUT2D eigenvalue weighted by atomic mass is 16.5. The number of Topliss-reactive ketones (excluding diaryl/α,β-unsaturated/α-hetero) is 1. The summed E-state index contributed by atoms with van der Waals surface area (Å²) in [5.41, 5.74) is 2.52. The Kier molecular flexibility index (Phi) is 2.18. The van der Waals surface area contributed by atoms with Gasteiger partial charge in [-0.15, -0.1) is 0 Å². The number of ketones is 1. The third-order valence-electron chi connectivity index (χ3n) is 3.74. The van der Waals surface area contributed by atoms with Crippen molar-refractivity contribution in [2.75, 3.05) is 7.11 Å². The van der Waals surface area contributed by atoms with E-state index in [9.17, 15) is 4.79 Å². The van der Waals surface area contributed by atoms with Crippen LogP contribution in [0.1, 0.15) is 15.9 Å². The number of benzene rings is 2. The minimum absolute atomic E-state index is 0.0799. The Balaban J connectivity index is 2.26. The lowest BCUT2D eigenvalue weighted by atomic mass is 9.90. The number of pyridine rings is 1. The molecule has 0 amide bonds. The van der Waals surface area contributed by atoms with Crippen molar-refractivity contribution in [3.8, 4) is 0 Å². The van der Waals surface area contributed by atoms with E-state index < -0.39 is 0 Å². The number of aromatic nitrogens is 1. The molecule has 0 radical (unpaired) electrons. The molecule has 4 rings (SSSR count). The third-order valence-corrected chi connectivity index (χ3v) is 3.74. The molecule has 3 heteroatoms. The Hall–Kier alpha value is -2.68. The zero-order chi connectivity index (χ0) is 13.7. The second kappa shape index (κ2) is 3.90. The maximum Gasteiger partial charge on any atom is 0.228 e. The smallest absolute Gasteiger partial charge is 0.228 e. The monoisotopic (exact) mass is 261 g/mol. The molecule has 1 heterocycles. The lowest BCUT2D eigenvalue weighted by molar-refractivity contribution is 0.0958. The predicted molar refractivity (Wildman–Crippen MR) is 78.6 cm³/mol. The second-order valence-electron chi connectivity index (χ2n) is 4.81. The van der Waals surface area contributed by atoms with Gasteiger partial charge in [0.15, 0.2) is 5.76 Å². The van der Waals surface area contributed by atoms with Gasteiger partial charge in [-0.25, -0.2) is 0 Å². The van der Waals surface area contributed by atoms with E-state index in [1.54, 1.807) is 12.3 Å². The molecule has 0 atom stereocenters. The van der Waals surface area contributed by atoms with E-state index in [1.165, 1.54) is 7.11 Å². The number of hydrogen-bond donors (Lipinski definition) is 0. The summed E-state index contributed by atoms with van der Waals surface area (Å²) in [6.07, 6.45) is 3.56. The van der Waals surface area contributed by atoms with E-state index in [0.717, 1.165) is 27.2 Å². The van der Waals surface area contributed by atoms with E-state index >= 15 is 0 Å². The average molecular weight is 261 g/mol. The quantitative estimate of drug-likeness (QED) is 0.628. The van der Waals surface area contributed by atoms with Crippen molar-refractivity contribution in [3.05, 3.63) is 59.5 Å². The summed E-state index contributed by atoms with van der Waals surface area (Å²) in [6.45, 7) is 0. The number of fused-ring (bicyclic) bond motifs is 2. The van der Waals surface area contributed by atoms with Crippen molar-refractivity contribution in [1.82, 2.24) is 4.98 Å². The van der Waals surface area contributed by atoms with Crippen LogP contribution in [-0.2, 0) is 4.74 Å². The molecule has 1 aliphatic carbocycles. The fourth-order valence-corrected chi connectivity index (χ4v) is 2.82. The van der Waals surface area contributed by atoms with Gasteiger partial charge in [-0.1, -0.05) is 24.3 Å². The predicted octanol–water partition coefficient (Wildman–Crippen LogP) is 3.57. The number of nitrogens with zero attached hydrogens (tertiary/aromatic N) is 1. The summed E-state index contributed by atoms with van der Waals surface area (Å²) >= 11 is 0. The number of allylic oxidation sites excluding steroid dienone is 1. The average Bonchev–Trinajstić information content (AvgIpc) is 2.50. The molecular formula is C17H11NO2. The summed E-state index contributed by atoms with van der Waals surface area (Å²) in [5.74, 6) is 0.295. The lowest BCUT2D eigenvalue weighted by Crippen LogP contribution is -2.11. The van der Waals surface area contributed by atoms with Gasteiger partial charge in [0.1, 0.15) is 0 Å². The first-order chi connectivity index (χ1) is 9.79. The largest absolute Gasteiger partial charge is 0.493 e. The third kappa shape index (κ3) is 1.35. The maximum atomic E-state index is 12.5. The summed E-state index contributed by atoms with van der Waals surface area (Å²) in [6, 6.07) is 11.8. The molecule has 0 unspecified atom stereocenters. The molecule has 3 nitrogen and oxygen atoms in total. The Morgan fingerprint density at radius 2 is 2.00 bits per heavy atom. The van der Waals surface area contributed by atoms with E-state index in [2.05, 4.69) is 4.98 Å². The number of carbonyl (C=O) groups excluding carboxylic acids is 1. The highest BCUT2D eigenvalue weighted by Crippen LogP contribution is 2.35. The van der Waals surface area contributed by atoms with Gasteiger partial charge in [-0.05, 0) is 29.2 Å². The molecule has 1 aromatic heterocycles. The van der Waals surface area contributed by atoms with Crippen LogP contribution in [0.15, 0.2) is 48.4 Å². The van der Waals surface area contributed by atoms with Crippen LogP contribution in [0, 0.1) is 0 Å². The summed E-state index contributed by atoms with van der Waals surface area (Å²) < 4.78 is 5.19. The number of rotatable bonds is 1. The van der Waals surface area contributed by atoms with Crippen LogP contribution >= 0.6 is 0 Å². The van der Waals surface area contributed by atoms with Crippen molar-refractivity contribution in [2.24, 2.45) is 0 Å². The first-order valence-electron chi connectivity index (χ1n) is 6.40. The van der Waals surface area contributed by atoms with Gasteiger partial charge in [0.25, 0.3) is 0 Å². The van der Waals surface area contributed by atoms with Gasteiger partial charge in [0.2, 0.25) is 5.78 Å². The zero-order valence-corrected chi connectivity index (χ0v) is 10.9. The van der Waals surface area contributed by atoms with Crippen LogP contribution in [0.2, 0.25) is 0 Å². The zero-order valence-electron chi connectivity index (χ0n) is 10.9. The molecular weight excluding hydrogens is 250 g/mol. The summed E-state index contributed by atoms with van der Waals surface area (Å²) in [7, 11) is 1.52. The van der Waals surface area contributed by atoms with Crippen LogP contribution < -0.4 is 0 Å². The van der Waals surface area contributed by atoms with Gasteiger partial charge in [0, 0.05) is 22.5 Å². The van der Waals surface area contributed by atoms with Gasteiger partial charge in [-0.2, -0.15) is 0 Å². The Labute approximate surface area is 115 Å². The van der Waals surface area contributed by atoms with Crippen molar-refractivity contribution in [2.45, 2.75) is 0 Å². The molecule has 0 saturated heterocycles. The Bertz CT molecular complexity index is 909. The molecule has 1 aliphatic rings. The molecule has 0 spiro atoms. The normalized spacial score (nSPS) is 13.7. The van der Waals surface area contributed by atoms with Crippen molar-refractivity contribution < 1.29 is 9.53 Å². The minimum Gasteiger partial charge on any atom is -0.493 e. The SMILES string of the molecule is COC1=Cc2ccnc3c2c(cc2ccccc23)C1=O. The van der Waals surface area contributed by atoms with Crippen molar-refractivity contribution in [3.63, 3.8) is 0 Å². The van der Waals surface area contributed by atoms with E-state index in [1.807, 2.05) is 36.4 Å². The Morgan fingerprint density at radius 3 is 2.85 bits per heavy atom. The highest BCUT2D eigenvalue weighted by molar-refractivity contribution is 6.25. The van der Waals surface area contributed by atoms with Crippen LogP contribution in [0.5, 0.6) is 0 Å². The van der Waals surface area contributed by atoms with Crippen LogP contribution in [0.25, 0.3) is 27.8 Å². The summed E-state index contributed by atoms with van der Waals surface area (Å²) in [5, 5.41) is 3.00. The molecule has 0 aliphatic heterocycles. The van der Waals surface area contributed by atoms with Crippen LogP contribution in [0.4, 0.5) is 0 Å². The van der Waals surface area contributed by atoms with E-state index in [-0.39, 0.29) is 5.78 Å². The van der Waals surface area contributed by atoms with Gasteiger partial charge < -0.3 is 4.74 Å². The number of carbonyl (C=O) groups is 1. The van der Waals surface area contributed by atoms with E-state index in [4.69, 9.17) is 4.74 Å². The van der Waals surface area contributed by atoms with Gasteiger partial charge in [-0.3, -0.25) is 9.78 Å². The number of hydrogen-bond acceptors (Lipinski definition) is 3. The molecule has 0 saturated carbocycles. The molecule has 3 aromatic rings. The topological polar surface area (TPSA) is 39.2 Å². The molecule has 0 fully saturated rings. The maximum absolute atomic E-state index is 12.5. The first kappa shape index (κ1) is 11.2. The van der Waals surface area contributed by atoms with Crippen LogP contribution in [0.3, 0.4) is 0 Å². The van der Waals surface area contributed by atoms with Crippen molar-refractivity contribution >= 4 is 33.5 Å². The molecule has 20 heavy (non-hydrogen) atoms. The molecule has 0 bridgehead atoms. The van der Waals surface area contributed by atoms with Gasteiger partial charge >= 0.3 is 0 Å². The van der Waals surface area contributed by atoms with E-state index in [0.29, 0.717) is 11.3 Å². The van der Waals surface area contributed by atoms with Crippen molar-refractivity contribution in [1.29, 1.82) is 0 Å². The fourth-order valence-electron chi connectivity index (χ4n) is 2.82. The van der Waals surface area contributed by atoms with Crippen LogP contribution in [-0.4, -0.2) is 17.9 Å². The molecule has 96 valence electrons. The number of methoxy groups -OCH3 is 1. The lowest BCUT2D eigenvalue weighted by Gasteiger charge is -2.17. The summed E-state index contributed by atoms with van der Waals surface area (Å²) in [4.78, 5) is 16.9. The first-order valence-corrected chi connectivity index (χ1v) is 6.40. The standard InChI is InChI=1S/C17H11NO2/c1-20-14-9-11-6-7-18-16-12-5-3-2-4-10(12)8-13(15(11)16)17(14)19/h2-9H,1H3. The minimum atomic E-state index is -0.0799. The van der Waals surface area contributed by atoms with Gasteiger partial charge in [0.05, 0.1) is 12.6 Å². The molecule has 2 aromatic carbocycles. The highest BCUT2D eigenvalue weighted by Gasteiger charge is 2.24. The fraction of sp³-hybridized carbons (Fsp3) is 0.0588. The number of ether oxygens (including phenoxy) is 1. The second-order valence-corrected chi connectivity index (χ2v) is 4.81. The Morgan fingerprint density at radius 1 is 1.15 bits per heavy atom.